The van der Waals surface area contributed by atoms with Crippen LogP contribution in [0.5, 0.6) is 0 Å². The van der Waals surface area contributed by atoms with Gasteiger partial charge < -0.3 is 10.0 Å². The minimum Gasteiger partial charge on any atom is -0.392 e. The van der Waals surface area contributed by atoms with Gasteiger partial charge in [-0.05, 0) is 37.6 Å². The molecule has 1 saturated heterocycles. The average Bonchev–Trinajstić information content (AvgIpc) is 2.48. The average molecular weight is 299 g/mol. The molecule has 1 aromatic heterocycles. The molecule has 7 heteroatoms. The van der Waals surface area contributed by atoms with Crippen LogP contribution in [-0.2, 0) is 16.6 Å². The highest BCUT2D eigenvalue weighted by Gasteiger charge is 2.16. The summed E-state index contributed by atoms with van der Waals surface area (Å²) in [5.41, 5.74) is 0.595. The van der Waals surface area contributed by atoms with Gasteiger partial charge in [0.2, 0.25) is 0 Å². The molecular weight excluding hydrogens is 278 g/mol. The Morgan fingerprint density at radius 3 is 2.60 bits per heavy atom. The third-order valence-electron chi connectivity index (χ3n) is 3.42. The lowest BCUT2D eigenvalue weighted by Gasteiger charge is -2.26. The third kappa shape index (κ3) is 4.24. The van der Waals surface area contributed by atoms with E-state index in [9.17, 15) is 8.42 Å². The zero-order valence-corrected chi connectivity index (χ0v) is 12.3. The van der Waals surface area contributed by atoms with Gasteiger partial charge in [-0.25, -0.2) is 18.1 Å². The fourth-order valence-electron chi connectivity index (χ4n) is 2.26. The van der Waals surface area contributed by atoms with Gasteiger partial charge in [0.1, 0.15) is 0 Å². The summed E-state index contributed by atoms with van der Waals surface area (Å²) < 4.78 is 26.6. The second-order valence-electron chi connectivity index (χ2n) is 4.96. The summed E-state index contributed by atoms with van der Waals surface area (Å²) in [6, 6.07) is 2.97. The zero-order chi connectivity index (χ0) is 14.4. The van der Waals surface area contributed by atoms with Gasteiger partial charge in [0.05, 0.1) is 6.61 Å². The molecule has 0 bridgehead atoms. The van der Waals surface area contributed by atoms with E-state index < -0.39 is 10.0 Å². The number of hydrogen-bond acceptors (Lipinski definition) is 5. The second-order valence-corrected chi connectivity index (χ2v) is 6.68. The predicted octanol–water partition coefficient (Wildman–Crippen LogP) is 0.338. The summed E-state index contributed by atoms with van der Waals surface area (Å²) in [5.74, 6) is 0. The fraction of sp³-hybridized carbons (Fsp3) is 0.615. The number of pyridine rings is 1. The van der Waals surface area contributed by atoms with Crippen LogP contribution in [0.2, 0.25) is 0 Å². The summed E-state index contributed by atoms with van der Waals surface area (Å²) in [6.07, 6.45) is 5.02. The third-order valence-corrected chi connectivity index (χ3v) is 4.80. The Morgan fingerprint density at radius 2 is 2.00 bits per heavy atom. The first-order valence-corrected chi connectivity index (χ1v) is 8.38. The molecule has 2 N–H and O–H groups in total. The first-order valence-electron chi connectivity index (χ1n) is 6.89. The molecule has 0 unspecified atom stereocenters. The standard InChI is InChI=1S/C13H21N3O3S/c17-11-12-4-5-13(14-10-12)20(18,19)15-6-9-16-7-2-1-3-8-16/h4-5,10,15,17H,1-3,6-9,11H2. The topological polar surface area (TPSA) is 82.5 Å². The van der Waals surface area contributed by atoms with Crippen molar-refractivity contribution in [1.29, 1.82) is 0 Å². The van der Waals surface area contributed by atoms with Crippen LogP contribution in [-0.4, -0.2) is 49.6 Å². The lowest BCUT2D eigenvalue weighted by Crippen LogP contribution is -2.37. The van der Waals surface area contributed by atoms with E-state index in [1.807, 2.05) is 0 Å². The summed E-state index contributed by atoms with van der Waals surface area (Å²) in [5, 5.41) is 8.90. The van der Waals surface area contributed by atoms with E-state index in [0.717, 1.165) is 19.6 Å². The number of hydrogen-bond donors (Lipinski definition) is 2. The predicted molar refractivity (Wildman–Crippen MR) is 75.6 cm³/mol. The minimum atomic E-state index is -3.56. The number of nitrogens with one attached hydrogen (secondary N) is 1. The smallest absolute Gasteiger partial charge is 0.258 e. The molecule has 0 atom stereocenters. The minimum absolute atomic E-state index is 0.00616. The maximum absolute atomic E-state index is 12.0. The van der Waals surface area contributed by atoms with Gasteiger partial charge in [0.15, 0.2) is 5.03 Å². The van der Waals surface area contributed by atoms with Gasteiger partial charge in [-0.1, -0.05) is 12.5 Å². The van der Waals surface area contributed by atoms with Crippen LogP contribution in [0.15, 0.2) is 23.4 Å². The number of aromatic nitrogens is 1. The van der Waals surface area contributed by atoms with E-state index in [-0.39, 0.29) is 11.6 Å². The Hall–Kier alpha value is -1.02. The maximum atomic E-state index is 12.0. The Labute approximate surface area is 119 Å². The first kappa shape index (κ1) is 15.4. The molecule has 0 amide bonds. The Kier molecular flexibility index (Phi) is 5.47. The summed E-state index contributed by atoms with van der Waals surface area (Å²) in [7, 11) is -3.56. The monoisotopic (exact) mass is 299 g/mol. The molecule has 0 aliphatic carbocycles. The lowest BCUT2D eigenvalue weighted by molar-refractivity contribution is 0.232. The number of aliphatic hydroxyl groups is 1. The van der Waals surface area contributed by atoms with Crippen molar-refractivity contribution < 1.29 is 13.5 Å². The Bertz CT molecular complexity index is 510. The van der Waals surface area contributed by atoms with Gasteiger partial charge in [-0.2, -0.15) is 0 Å². The van der Waals surface area contributed by atoms with Crippen molar-refractivity contribution in [3.05, 3.63) is 23.9 Å². The molecule has 1 aliphatic rings. The van der Waals surface area contributed by atoms with E-state index in [0.29, 0.717) is 12.1 Å². The van der Waals surface area contributed by atoms with Crippen LogP contribution in [0.1, 0.15) is 24.8 Å². The van der Waals surface area contributed by atoms with Crippen molar-refractivity contribution in [2.45, 2.75) is 30.9 Å². The number of sulfonamides is 1. The van der Waals surface area contributed by atoms with E-state index in [1.54, 1.807) is 6.07 Å². The molecule has 0 saturated carbocycles. The van der Waals surface area contributed by atoms with Crippen molar-refractivity contribution in [2.75, 3.05) is 26.2 Å². The van der Waals surface area contributed by atoms with Crippen LogP contribution >= 0.6 is 0 Å². The summed E-state index contributed by atoms with van der Waals surface area (Å²) in [4.78, 5) is 6.13. The van der Waals surface area contributed by atoms with Crippen LogP contribution < -0.4 is 4.72 Å². The highest BCUT2D eigenvalue weighted by Crippen LogP contribution is 2.09. The van der Waals surface area contributed by atoms with Crippen LogP contribution in [0.25, 0.3) is 0 Å². The molecule has 1 aromatic rings. The van der Waals surface area contributed by atoms with Crippen molar-refractivity contribution in [2.24, 2.45) is 0 Å². The van der Waals surface area contributed by atoms with Crippen molar-refractivity contribution >= 4 is 10.0 Å². The second kappa shape index (κ2) is 7.12. The quantitative estimate of drug-likeness (QED) is 0.791. The van der Waals surface area contributed by atoms with E-state index >= 15 is 0 Å². The number of piperidine rings is 1. The SMILES string of the molecule is O=S(=O)(NCCN1CCCCC1)c1ccc(CO)cn1. The highest BCUT2D eigenvalue weighted by molar-refractivity contribution is 7.89. The van der Waals surface area contributed by atoms with Crippen molar-refractivity contribution in [3.63, 3.8) is 0 Å². The number of aliphatic hydroxyl groups excluding tert-OH is 1. The lowest BCUT2D eigenvalue weighted by atomic mass is 10.1. The largest absolute Gasteiger partial charge is 0.392 e. The molecule has 20 heavy (non-hydrogen) atoms. The van der Waals surface area contributed by atoms with Crippen LogP contribution in [0.3, 0.4) is 0 Å². The fourth-order valence-corrected chi connectivity index (χ4v) is 3.21. The van der Waals surface area contributed by atoms with Gasteiger partial charge in [0.25, 0.3) is 10.0 Å². The van der Waals surface area contributed by atoms with E-state index in [2.05, 4.69) is 14.6 Å². The molecule has 112 valence electrons. The van der Waals surface area contributed by atoms with Gasteiger partial charge in [-0.3, -0.25) is 0 Å². The summed E-state index contributed by atoms with van der Waals surface area (Å²) >= 11 is 0. The molecule has 2 rings (SSSR count). The molecule has 0 spiro atoms. The van der Waals surface area contributed by atoms with E-state index in [4.69, 9.17) is 5.11 Å². The normalized spacial score (nSPS) is 17.2. The van der Waals surface area contributed by atoms with E-state index in [1.165, 1.54) is 31.5 Å². The first-order chi connectivity index (χ1) is 9.62. The Balaban J connectivity index is 1.86. The molecular formula is C13H21N3O3S. The number of rotatable bonds is 6. The maximum Gasteiger partial charge on any atom is 0.258 e. The van der Waals surface area contributed by atoms with Gasteiger partial charge in [-0.15, -0.1) is 0 Å². The zero-order valence-electron chi connectivity index (χ0n) is 11.5. The molecule has 2 heterocycles. The van der Waals surface area contributed by atoms with Gasteiger partial charge >= 0.3 is 0 Å². The van der Waals surface area contributed by atoms with Crippen LogP contribution in [0, 0.1) is 0 Å². The number of nitrogens with zero attached hydrogens (tertiary/aromatic N) is 2. The molecule has 1 aliphatic heterocycles. The van der Waals surface area contributed by atoms with Gasteiger partial charge in [0, 0.05) is 19.3 Å². The molecule has 0 aromatic carbocycles. The summed E-state index contributed by atoms with van der Waals surface area (Å²) in [6.45, 7) is 3.08. The molecule has 1 fully saturated rings. The Morgan fingerprint density at radius 1 is 1.25 bits per heavy atom. The number of likely N-dealkylation sites (tertiary alicyclic amines) is 1. The van der Waals surface area contributed by atoms with Crippen LogP contribution in [0.4, 0.5) is 0 Å². The highest BCUT2D eigenvalue weighted by atomic mass is 32.2. The molecule has 6 nitrogen and oxygen atoms in total. The molecule has 0 radical (unpaired) electrons. The van der Waals surface area contributed by atoms with Crippen molar-refractivity contribution in [1.82, 2.24) is 14.6 Å². The van der Waals surface area contributed by atoms with Crippen molar-refractivity contribution in [3.8, 4) is 0 Å².